The largest absolute Gasteiger partial charge is 0.497 e. The van der Waals surface area contributed by atoms with Gasteiger partial charge in [-0.25, -0.2) is 0 Å². The lowest BCUT2D eigenvalue weighted by Gasteiger charge is -2.05. The first-order chi connectivity index (χ1) is 14.0. The summed E-state index contributed by atoms with van der Waals surface area (Å²) < 4.78 is 5.27. The summed E-state index contributed by atoms with van der Waals surface area (Å²) in [6.07, 6.45) is 4.80. The molecule has 0 atom stereocenters. The van der Waals surface area contributed by atoms with Crippen LogP contribution in [-0.4, -0.2) is 34.9 Å². The molecule has 0 unspecified atom stereocenters. The Balaban J connectivity index is 1.83. The van der Waals surface area contributed by atoms with Crippen molar-refractivity contribution >= 4 is 35.0 Å². The van der Waals surface area contributed by atoms with Crippen LogP contribution < -0.4 is 10.1 Å². The molecule has 29 heavy (non-hydrogen) atoms. The average Bonchev–Trinajstić information content (AvgIpc) is 3.13. The molecule has 1 aliphatic heterocycles. The number of fused-ring (bicyclic) bond motifs is 2. The molecule has 0 spiro atoms. The van der Waals surface area contributed by atoms with Crippen LogP contribution in [0.4, 0.5) is 5.69 Å². The van der Waals surface area contributed by atoms with Gasteiger partial charge >= 0.3 is 5.97 Å². The lowest BCUT2D eigenvalue weighted by atomic mass is 9.97. The highest BCUT2D eigenvalue weighted by Gasteiger charge is 2.28. The summed E-state index contributed by atoms with van der Waals surface area (Å²) in [5.74, 6) is -0.492. The molecule has 2 heterocycles. The van der Waals surface area contributed by atoms with Crippen LogP contribution in [0.2, 0.25) is 0 Å². The van der Waals surface area contributed by atoms with Crippen LogP contribution in [0.1, 0.15) is 58.6 Å². The minimum atomic E-state index is -0.923. The second kappa shape index (κ2) is 7.58. The van der Waals surface area contributed by atoms with Gasteiger partial charge in [0.1, 0.15) is 5.75 Å². The van der Waals surface area contributed by atoms with Gasteiger partial charge in [0.25, 0.3) is 5.91 Å². The number of ether oxygens (including phenoxy) is 1. The Hall–Kier alpha value is -3.35. The van der Waals surface area contributed by atoms with E-state index < -0.39 is 5.97 Å². The van der Waals surface area contributed by atoms with Crippen LogP contribution in [-0.2, 0) is 22.4 Å². The molecule has 3 N–H and O–H groups in total. The Morgan fingerprint density at radius 2 is 2.03 bits per heavy atom. The van der Waals surface area contributed by atoms with Crippen molar-refractivity contribution in [3.63, 3.8) is 0 Å². The summed E-state index contributed by atoms with van der Waals surface area (Å²) in [5, 5.41) is 12.0. The van der Waals surface area contributed by atoms with Gasteiger partial charge in [-0.05, 0) is 55.5 Å². The molecular formula is C22H22N2O5. The van der Waals surface area contributed by atoms with E-state index in [0.29, 0.717) is 40.3 Å². The Labute approximate surface area is 167 Å². The average molecular weight is 394 g/mol. The third-order valence-electron chi connectivity index (χ3n) is 5.46. The third-order valence-corrected chi connectivity index (χ3v) is 5.46. The van der Waals surface area contributed by atoms with Crippen LogP contribution in [0, 0.1) is 0 Å². The first kappa shape index (κ1) is 19.0. The molecule has 1 aromatic heterocycles. The molecule has 2 aromatic rings. The number of Topliss-reactive ketones (excluding diaryl/α,β-unsaturated/α-hetero) is 1. The number of nitrogens with one attached hydrogen (secondary N) is 2. The molecule has 7 nitrogen and oxygen atoms in total. The fourth-order valence-corrected chi connectivity index (χ4v) is 4.05. The zero-order valence-corrected chi connectivity index (χ0v) is 16.1. The van der Waals surface area contributed by atoms with Gasteiger partial charge in [-0.2, -0.15) is 0 Å². The molecule has 150 valence electrons. The summed E-state index contributed by atoms with van der Waals surface area (Å²) in [6.45, 7) is 0. The number of carbonyl (C=O) groups is 3. The number of benzene rings is 1. The number of aliphatic carboxylic acids is 1. The van der Waals surface area contributed by atoms with Crippen LogP contribution >= 0.6 is 0 Å². The standard InChI is InChI=1S/C22H22N2O5/c1-29-12-6-8-16-14(10-12)15(22(28)24-16)11-18-13(7-9-20(26)27)21-17(23-18)4-2-3-5-19(21)25/h6,8,10-11,23H,2-5,7,9H2,1H3,(H,24,28)(H,26,27). The molecular weight excluding hydrogens is 372 g/mol. The Morgan fingerprint density at radius 1 is 1.24 bits per heavy atom. The highest BCUT2D eigenvalue weighted by Crippen LogP contribution is 2.37. The monoisotopic (exact) mass is 394 g/mol. The van der Waals surface area contributed by atoms with E-state index in [9.17, 15) is 14.4 Å². The highest BCUT2D eigenvalue weighted by atomic mass is 16.5. The number of hydrogen-bond donors (Lipinski definition) is 3. The van der Waals surface area contributed by atoms with Crippen molar-refractivity contribution in [2.75, 3.05) is 12.4 Å². The van der Waals surface area contributed by atoms with Gasteiger partial charge < -0.3 is 20.1 Å². The zero-order chi connectivity index (χ0) is 20.5. The number of ketones is 1. The zero-order valence-electron chi connectivity index (χ0n) is 16.1. The van der Waals surface area contributed by atoms with E-state index in [-0.39, 0.29) is 24.5 Å². The summed E-state index contributed by atoms with van der Waals surface area (Å²) in [7, 11) is 1.56. The third kappa shape index (κ3) is 3.55. The molecule has 2 aliphatic rings. The molecule has 0 fully saturated rings. The van der Waals surface area contributed by atoms with Crippen LogP contribution in [0.5, 0.6) is 5.75 Å². The smallest absolute Gasteiger partial charge is 0.303 e. The number of aromatic nitrogens is 1. The predicted octanol–water partition coefficient (Wildman–Crippen LogP) is 3.44. The maximum Gasteiger partial charge on any atom is 0.303 e. The molecule has 4 rings (SSSR count). The number of aryl methyl sites for hydroxylation is 1. The molecule has 0 saturated heterocycles. The Bertz CT molecular complexity index is 1050. The van der Waals surface area contributed by atoms with Crippen LogP contribution in [0.25, 0.3) is 11.6 Å². The first-order valence-electron chi connectivity index (χ1n) is 9.68. The van der Waals surface area contributed by atoms with Gasteiger partial charge in [0.15, 0.2) is 5.78 Å². The molecule has 1 aliphatic carbocycles. The molecule has 0 bridgehead atoms. The highest BCUT2D eigenvalue weighted by molar-refractivity contribution is 6.35. The fourth-order valence-electron chi connectivity index (χ4n) is 4.05. The van der Waals surface area contributed by atoms with E-state index in [1.165, 1.54) is 0 Å². The lowest BCUT2D eigenvalue weighted by Crippen LogP contribution is -2.06. The van der Waals surface area contributed by atoms with Crippen molar-refractivity contribution < 1.29 is 24.2 Å². The molecule has 7 heteroatoms. The normalized spacial score (nSPS) is 16.9. The van der Waals surface area contributed by atoms with Crippen molar-refractivity contribution in [3.05, 3.63) is 46.3 Å². The molecule has 1 aromatic carbocycles. The SMILES string of the molecule is COc1ccc2c(c1)C(=Cc1[nH]c3c(c1CCC(=O)O)C(=O)CCCC3)C(=O)N2. The Kier molecular flexibility index (Phi) is 4.96. The second-order valence-corrected chi connectivity index (χ2v) is 7.32. The second-order valence-electron chi connectivity index (χ2n) is 7.32. The number of H-pyrrole nitrogens is 1. The summed E-state index contributed by atoms with van der Waals surface area (Å²) >= 11 is 0. The van der Waals surface area contributed by atoms with Gasteiger partial charge in [-0.15, -0.1) is 0 Å². The lowest BCUT2D eigenvalue weighted by molar-refractivity contribution is -0.137. The molecule has 0 radical (unpaired) electrons. The van der Waals surface area contributed by atoms with Gasteiger partial charge in [0.05, 0.1) is 12.7 Å². The molecule has 1 amide bonds. The number of rotatable bonds is 5. The van der Waals surface area contributed by atoms with Gasteiger partial charge in [0, 0.05) is 41.0 Å². The summed E-state index contributed by atoms with van der Waals surface area (Å²) in [5.41, 5.74) is 4.63. The van der Waals surface area contributed by atoms with E-state index in [4.69, 9.17) is 9.84 Å². The number of hydrogen-bond acceptors (Lipinski definition) is 4. The number of amides is 1. The van der Waals surface area contributed by atoms with Crippen molar-refractivity contribution in [1.82, 2.24) is 4.98 Å². The van der Waals surface area contributed by atoms with Crippen LogP contribution in [0.3, 0.4) is 0 Å². The minimum absolute atomic E-state index is 0.0386. The first-order valence-corrected chi connectivity index (χ1v) is 9.68. The maximum absolute atomic E-state index is 12.7. The van der Waals surface area contributed by atoms with Gasteiger partial charge in [0.2, 0.25) is 0 Å². The van der Waals surface area contributed by atoms with E-state index in [2.05, 4.69) is 10.3 Å². The summed E-state index contributed by atoms with van der Waals surface area (Å²) in [4.78, 5) is 39.7. The summed E-state index contributed by atoms with van der Waals surface area (Å²) in [6, 6.07) is 5.34. The topological polar surface area (TPSA) is 108 Å². The number of methoxy groups -OCH3 is 1. The van der Waals surface area contributed by atoms with E-state index in [0.717, 1.165) is 30.5 Å². The van der Waals surface area contributed by atoms with E-state index >= 15 is 0 Å². The maximum atomic E-state index is 12.7. The Morgan fingerprint density at radius 3 is 2.79 bits per heavy atom. The van der Waals surface area contributed by atoms with Gasteiger partial charge in [-0.1, -0.05) is 0 Å². The number of anilines is 1. The quantitative estimate of drug-likeness (QED) is 0.532. The van der Waals surface area contributed by atoms with Crippen LogP contribution in [0.15, 0.2) is 18.2 Å². The number of aromatic amines is 1. The van der Waals surface area contributed by atoms with Crippen molar-refractivity contribution in [2.24, 2.45) is 0 Å². The van der Waals surface area contributed by atoms with E-state index in [1.54, 1.807) is 31.4 Å². The van der Waals surface area contributed by atoms with Crippen molar-refractivity contribution in [1.29, 1.82) is 0 Å². The van der Waals surface area contributed by atoms with E-state index in [1.807, 2.05) is 0 Å². The number of carboxylic acids is 1. The molecule has 0 saturated carbocycles. The number of carbonyl (C=O) groups excluding carboxylic acids is 2. The number of carboxylic acid groups (broad SMARTS) is 1. The van der Waals surface area contributed by atoms with Crippen molar-refractivity contribution in [3.8, 4) is 5.75 Å². The van der Waals surface area contributed by atoms with Crippen molar-refractivity contribution in [2.45, 2.75) is 38.5 Å². The minimum Gasteiger partial charge on any atom is -0.497 e. The fraction of sp³-hybridized carbons (Fsp3) is 0.318. The predicted molar refractivity (Wildman–Crippen MR) is 108 cm³/mol. The van der Waals surface area contributed by atoms with Gasteiger partial charge in [-0.3, -0.25) is 14.4 Å².